The standard InChI is InChI=1S/C18H15FN4O3.C14H15ClFN3/c19-14-10-20-18(22-11-2-1-3-13(24)8-11)23-17(14)21-12-4-5-15-16(9-12)26-7-6-25-15;1-14(2,3)9-5-4-6-10(7-9)18-12-11(16)8-17-13(15)19-12/h1-5,8-10,24H,6-7H2,(H2,20,21,22,23);4-8H,1-3H3,(H,17,18,19). The number of benzene rings is 3. The Morgan fingerprint density at radius 2 is 1.36 bits per heavy atom. The first kappa shape index (κ1) is 31.2. The molecule has 0 aliphatic carbocycles. The van der Waals surface area contributed by atoms with Crippen molar-refractivity contribution in [3.05, 3.63) is 102 Å². The molecule has 0 atom stereocenters. The molecule has 6 rings (SSSR count). The third-order valence-corrected chi connectivity index (χ3v) is 6.54. The number of nitrogens with one attached hydrogen (secondary N) is 3. The van der Waals surface area contributed by atoms with Gasteiger partial charge in [-0.2, -0.15) is 9.97 Å². The van der Waals surface area contributed by atoms with E-state index in [9.17, 15) is 13.9 Å². The molecule has 0 fully saturated rings. The number of anilines is 6. The highest BCUT2D eigenvalue weighted by molar-refractivity contribution is 6.28. The van der Waals surface area contributed by atoms with E-state index in [1.165, 1.54) is 6.07 Å². The normalized spacial score (nSPS) is 12.0. The number of aromatic nitrogens is 4. The summed E-state index contributed by atoms with van der Waals surface area (Å²) in [6.07, 6.45) is 2.11. The number of phenols is 1. The van der Waals surface area contributed by atoms with Crippen LogP contribution >= 0.6 is 11.6 Å². The van der Waals surface area contributed by atoms with Crippen LogP contribution in [0.1, 0.15) is 26.3 Å². The van der Waals surface area contributed by atoms with Crippen LogP contribution in [-0.2, 0) is 5.41 Å². The smallest absolute Gasteiger partial charge is 0.229 e. The summed E-state index contributed by atoms with van der Waals surface area (Å²) in [6, 6.07) is 19.5. The van der Waals surface area contributed by atoms with Crippen molar-refractivity contribution >= 4 is 46.2 Å². The van der Waals surface area contributed by atoms with Gasteiger partial charge in [-0.15, -0.1) is 0 Å². The number of hydrogen-bond donors (Lipinski definition) is 4. The SMILES string of the molecule is CC(C)(C)c1cccc(Nc2nc(Cl)ncc2F)c1.Oc1cccc(Nc2ncc(F)c(Nc3ccc4c(c3)OCCO4)n2)c1. The number of fused-ring (bicyclic) bond motifs is 1. The lowest BCUT2D eigenvalue weighted by atomic mass is 9.87. The predicted octanol–water partition coefficient (Wildman–Crippen LogP) is 7.89. The first-order valence-electron chi connectivity index (χ1n) is 13.8. The van der Waals surface area contributed by atoms with E-state index >= 15 is 0 Å². The molecule has 5 aromatic rings. The fraction of sp³-hybridized carbons (Fsp3) is 0.188. The minimum atomic E-state index is -0.596. The van der Waals surface area contributed by atoms with E-state index in [0.717, 1.165) is 23.6 Å². The molecule has 3 aromatic carbocycles. The average Bonchev–Trinajstić information content (AvgIpc) is 3.01. The zero-order valence-corrected chi connectivity index (χ0v) is 25.4. The molecule has 0 spiro atoms. The van der Waals surface area contributed by atoms with Crippen LogP contribution in [0.3, 0.4) is 0 Å². The summed E-state index contributed by atoms with van der Waals surface area (Å²) < 4.78 is 38.6. The Labute approximate surface area is 263 Å². The van der Waals surface area contributed by atoms with Gasteiger partial charge in [0, 0.05) is 29.2 Å². The van der Waals surface area contributed by atoms with Gasteiger partial charge < -0.3 is 30.5 Å². The van der Waals surface area contributed by atoms with Gasteiger partial charge in [0.05, 0.1) is 12.4 Å². The highest BCUT2D eigenvalue weighted by Gasteiger charge is 2.15. The van der Waals surface area contributed by atoms with E-state index in [1.54, 1.807) is 36.4 Å². The number of halogens is 3. The van der Waals surface area contributed by atoms with Gasteiger partial charge in [0.2, 0.25) is 11.2 Å². The van der Waals surface area contributed by atoms with Crippen molar-refractivity contribution in [1.82, 2.24) is 19.9 Å². The van der Waals surface area contributed by atoms with E-state index < -0.39 is 11.6 Å². The Kier molecular flexibility index (Phi) is 9.43. The van der Waals surface area contributed by atoms with Crippen molar-refractivity contribution in [3.8, 4) is 17.2 Å². The summed E-state index contributed by atoms with van der Waals surface area (Å²) in [5, 5.41) is 18.3. The van der Waals surface area contributed by atoms with Crippen LogP contribution in [0.4, 0.5) is 43.4 Å². The molecule has 10 nitrogen and oxygen atoms in total. The highest BCUT2D eigenvalue weighted by atomic mass is 35.5. The summed E-state index contributed by atoms with van der Waals surface area (Å²) in [7, 11) is 0. The van der Waals surface area contributed by atoms with Gasteiger partial charge in [0.1, 0.15) is 19.0 Å². The quantitative estimate of drug-likeness (QED) is 0.137. The van der Waals surface area contributed by atoms with E-state index in [4.69, 9.17) is 21.1 Å². The Hall–Kier alpha value is -5.23. The number of nitrogens with zero attached hydrogens (tertiary/aromatic N) is 4. The summed E-state index contributed by atoms with van der Waals surface area (Å²) in [5.41, 5.74) is 3.13. The van der Waals surface area contributed by atoms with Gasteiger partial charge >= 0.3 is 0 Å². The van der Waals surface area contributed by atoms with Crippen LogP contribution in [0.2, 0.25) is 5.28 Å². The number of hydrogen-bond acceptors (Lipinski definition) is 10. The molecule has 232 valence electrons. The monoisotopic (exact) mass is 633 g/mol. The average molecular weight is 634 g/mol. The zero-order valence-electron chi connectivity index (χ0n) is 24.6. The van der Waals surface area contributed by atoms with Gasteiger partial charge in [-0.3, -0.25) is 0 Å². The Balaban J connectivity index is 0.000000187. The minimum absolute atomic E-state index is 0.0101. The van der Waals surface area contributed by atoms with Gasteiger partial charge in [-0.1, -0.05) is 39.0 Å². The van der Waals surface area contributed by atoms with Crippen LogP contribution in [0.25, 0.3) is 0 Å². The Morgan fingerprint density at radius 1 is 0.733 bits per heavy atom. The fourth-order valence-corrected chi connectivity index (χ4v) is 4.25. The van der Waals surface area contributed by atoms with Crippen molar-refractivity contribution in [3.63, 3.8) is 0 Å². The van der Waals surface area contributed by atoms with Crippen molar-refractivity contribution < 1.29 is 23.4 Å². The van der Waals surface area contributed by atoms with Crippen LogP contribution in [-0.4, -0.2) is 38.3 Å². The molecule has 3 heterocycles. The molecule has 2 aromatic heterocycles. The van der Waals surface area contributed by atoms with Gasteiger partial charge in [0.15, 0.2) is 34.8 Å². The molecule has 1 aliphatic rings. The first-order valence-corrected chi connectivity index (χ1v) is 14.2. The molecule has 0 bridgehead atoms. The first-order chi connectivity index (χ1) is 21.5. The lowest BCUT2D eigenvalue weighted by molar-refractivity contribution is 0.171. The minimum Gasteiger partial charge on any atom is -0.508 e. The van der Waals surface area contributed by atoms with Crippen molar-refractivity contribution in [2.45, 2.75) is 26.2 Å². The fourth-order valence-electron chi connectivity index (χ4n) is 4.12. The second-order valence-electron chi connectivity index (χ2n) is 10.8. The third-order valence-electron chi connectivity index (χ3n) is 6.36. The summed E-state index contributed by atoms with van der Waals surface area (Å²) in [4.78, 5) is 15.5. The maximum atomic E-state index is 14.1. The van der Waals surface area contributed by atoms with Crippen molar-refractivity contribution in [2.75, 3.05) is 29.2 Å². The maximum Gasteiger partial charge on any atom is 0.229 e. The summed E-state index contributed by atoms with van der Waals surface area (Å²) in [5.74, 6) is 0.492. The number of phenolic OH excluding ortho intramolecular Hbond substituents is 1. The Morgan fingerprint density at radius 3 is 2.07 bits per heavy atom. The molecule has 4 N–H and O–H groups in total. The molecule has 0 amide bonds. The zero-order chi connectivity index (χ0) is 32.0. The number of aromatic hydroxyl groups is 1. The Bertz CT molecular complexity index is 1800. The van der Waals surface area contributed by atoms with E-state index in [-0.39, 0.29) is 34.0 Å². The molecule has 0 radical (unpaired) electrons. The largest absolute Gasteiger partial charge is 0.508 e. The molecular formula is C32H30ClF2N7O3. The van der Waals surface area contributed by atoms with Crippen LogP contribution in [0, 0.1) is 11.6 Å². The topological polar surface area (TPSA) is 126 Å². The second-order valence-corrected chi connectivity index (χ2v) is 11.2. The molecule has 13 heteroatoms. The molecule has 0 saturated heterocycles. The molecule has 45 heavy (non-hydrogen) atoms. The predicted molar refractivity (Wildman–Crippen MR) is 170 cm³/mol. The summed E-state index contributed by atoms with van der Waals surface area (Å²) in [6.45, 7) is 7.33. The van der Waals surface area contributed by atoms with E-state index in [0.29, 0.717) is 36.1 Å². The summed E-state index contributed by atoms with van der Waals surface area (Å²) >= 11 is 5.66. The molecule has 0 unspecified atom stereocenters. The highest BCUT2D eigenvalue weighted by Crippen LogP contribution is 2.34. The van der Waals surface area contributed by atoms with Gasteiger partial charge in [-0.25, -0.2) is 18.7 Å². The van der Waals surface area contributed by atoms with E-state index in [2.05, 4.69) is 56.7 Å². The lowest BCUT2D eigenvalue weighted by Crippen LogP contribution is -2.15. The molecule has 1 aliphatic heterocycles. The van der Waals surface area contributed by atoms with Crippen molar-refractivity contribution in [1.29, 1.82) is 0 Å². The second kappa shape index (κ2) is 13.6. The van der Waals surface area contributed by atoms with Crippen molar-refractivity contribution in [2.24, 2.45) is 0 Å². The number of ether oxygens (including phenoxy) is 2. The van der Waals surface area contributed by atoms with Gasteiger partial charge in [-0.05, 0) is 59.0 Å². The van der Waals surface area contributed by atoms with E-state index in [1.807, 2.05) is 24.3 Å². The van der Waals surface area contributed by atoms with Crippen LogP contribution < -0.4 is 25.4 Å². The van der Waals surface area contributed by atoms with Crippen LogP contribution in [0.15, 0.2) is 79.1 Å². The van der Waals surface area contributed by atoms with Crippen LogP contribution in [0.5, 0.6) is 17.2 Å². The molecule has 0 saturated carbocycles. The molecular weight excluding hydrogens is 604 g/mol. The van der Waals surface area contributed by atoms with Gasteiger partial charge in [0.25, 0.3) is 0 Å². The number of rotatable bonds is 6. The maximum absolute atomic E-state index is 14.1. The lowest BCUT2D eigenvalue weighted by Gasteiger charge is -2.20. The third kappa shape index (κ3) is 8.45.